The van der Waals surface area contributed by atoms with E-state index < -0.39 is 34.4 Å². The summed E-state index contributed by atoms with van der Waals surface area (Å²) in [6.07, 6.45) is -1.65. The van der Waals surface area contributed by atoms with Gasteiger partial charge < -0.3 is 29.4 Å². The highest BCUT2D eigenvalue weighted by Crippen LogP contribution is 2.22. The number of amides is 1. The summed E-state index contributed by atoms with van der Waals surface area (Å²) in [5, 5.41) is 14.1. The van der Waals surface area contributed by atoms with E-state index in [0.29, 0.717) is 18.8 Å². The average Bonchev–Trinajstić information content (AvgIpc) is 3.16. The van der Waals surface area contributed by atoms with Crippen molar-refractivity contribution in [3.05, 3.63) is 60.2 Å². The Labute approximate surface area is 224 Å². The van der Waals surface area contributed by atoms with Crippen molar-refractivity contribution >= 4 is 16.1 Å². The molecule has 38 heavy (non-hydrogen) atoms. The van der Waals surface area contributed by atoms with Crippen molar-refractivity contribution in [1.29, 1.82) is 0 Å². The zero-order chi connectivity index (χ0) is 27.5. The number of hydrogen-bond acceptors (Lipinski definition) is 8. The van der Waals surface area contributed by atoms with Gasteiger partial charge in [0.05, 0.1) is 37.4 Å². The first kappa shape index (κ1) is 29.9. The van der Waals surface area contributed by atoms with Crippen LogP contribution in [0.4, 0.5) is 4.79 Å². The van der Waals surface area contributed by atoms with Gasteiger partial charge in [-0.2, -0.15) is 4.31 Å². The number of carbonyl (C=O) groups is 1. The van der Waals surface area contributed by atoms with Gasteiger partial charge in [0.1, 0.15) is 18.6 Å². The molecule has 3 rings (SSSR count). The number of nitrogens with one attached hydrogen (secondary N) is 1. The number of aliphatic hydroxyl groups excluding tert-OH is 1. The smallest absolute Gasteiger partial charge is 0.407 e. The fourth-order valence-corrected chi connectivity index (χ4v) is 5.71. The van der Waals surface area contributed by atoms with Crippen LogP contribution in [0, 0.1) is 5.92 Å². The first-order valence-corrected chi connectivity index (χ1v) is 14.1. The van der Waals surface area contributed by atoms with Gasteiger partial charge in [0, 0.05) is 19.5 Å². The van der Waals surface area contributed by atoms with Crippen molar-refractivity contribution in [3.8, 4) is 5.75 Å². The molecule has 0 aliphatic carbocycles. The molecule has 0 saturated carbocycles. The number of rotatable bonds is 12. The first-order valence-electron chi connectivity index (χ1n) is 12.7. The number of hydrogen-bond donors (Lipinski definition) is 2. The van der Waals surface area contributed by atoms with Crippen molar-refractivity contribution in [2.45, 2.75) is 49.8 Å². The van der Waals surface area contributed by atoms with Gasteiger partial charge in [-0.15, -0.1) is 0 Å². The summed E-state index contributed by atoms with van der Waals surface area (Å²) >= 11 is 0. The van der Waals surface area contributed by atoms with E-state index in [0.717, 1.165) is 5.56 Å². The predicted octanol–water partition coefficient (Wildman–Crippen LogP) is 2.80. The summed E-state index contributed by atoms with van der Waals surface area (Å²) in [4.78, 5) is 12.9. The number of nitrogens with zero attached hydrogens (tertiary/aromatic N) is 1. The van der Waals surface area contributed by atoms with Crippen LogP contribution in [0.5, 0.6) is 5.75 Å². The number of benzene rings is 2. The van der Waals surface area contributed by atoms with Crippen LogP contribution in [-0.4, -0.2) is 82.4 Å². The van der Waals surface area contributed by atoms with Crippen molar-refractivity contribution in [2.75, 3.05) is 40.2 Å². The Kier molecular flexibility index (Phi) is 11.4. The molecule has 2 aromatic rings. The summed E-state index contributed by atoms with van der Waals surface area (Å²) in [6, 6.07) is 14.6. The highest BCUT2D eigenvalue weighted by atomic mass is 32.2. The van der Waals surface area contributed by atoms with E-state index in [2.05, 4.69) is 5.32 Å². The van der Waals surface area contributed by atoms with Gasteiger partial charge in [0.2, 0.25) is 10.0 Å². The predicted molar refractivity (Wildman–Crippen MR) is 141 cm³/mol. The topological polar surface area (TPSA) is 124 Å². The van der Waals surface area contributed by atoms with E-state index >= 15 is 0 Å². The van der Waals surface area contributed by atoms with E-state index in [1.54, 1.807) is 12.1 Å². The van der Waals surface area contributed by atoms with E-state index in [1.807, 2.05) is 44.2 Å². The summed E-state index contributed by atoms with van der Waals surface area (Å²) < 4.78 is 49.5. The number of carbonyl (C=O) groups excluding carboxylic acids is 1. The van der Waals surface area contributed by atoms with Crippen LogP contribution in [0.1, 0.15) is 25.8 Å². The van der Waals surface area contributed by atoms with E-state index in [4.69, 9.17) is 18.9 Å². The zero-order valence-electron chi connectivity index (χ0n) is 22.1. The number of sulfonamides is 1. The quantitative estimate of drug-likeness (QED) is 0.414. The second kappa shape index (κ2) is 14.5. The van der Waals surface area contributed by atoms with E-state index in [9.17, 15) is 18.3 Å². The monoisotopic (exact) mass is 550 g/mol. The fraction of sp³-hybridized carbons (Fsp3) is 0.519. The molecule has 0 spiro atoms. The van der Waals surface area contributed by atoms with Crippen molar-refractivity contribution in [1.82, 2.24) is 9.62 Å². The molecule has 1 heterocycles. The van der Waals surface area contributed by atoms with Crippen LogP contribution >= 0.6 is 0 Å². The molecule has 3 atom stereocenters. The number of aliphatic hydroxyl groups is 1. The third kappa shape index (κ3) is 8.95. The maximum atomic E-state index is 13.5. The Morgan fingerprint density at radius 3 is 2.47 bits per heavy atom. The minimum absolute atomic E-state index is 0.00169. The van der Waals surface area contributed by atoms with Gasteiger partial charge >= 0.3 is 6.09 Å². The molecule has 2 aromatic carbocycles. The van der Waals surface area contributed by atoms with E-state index in [-0.39, 0.29) is 43.7 Å². The largest absolute Gasteiger partial charge is 0.497 e. The lowest BCUT2D eigenvalue weighted by molar-refractivity contribution is -0.0439. The molecule has 2 N–H and O–H groups in total. The van der Waals surface area contributed by atoms with Crippen LogP contribution < -0.4 is 10.1 Å². The minimum atomic E-state index is -3.93. The highest BCUT2D eigenvalue weighted by Gasteiger charge is 2.32. The van der Waals surface area contributed by atoms with Gasteiger partial charge in [0.25, 0.3) is 0 Å². The lowest BCUT2D eigenvalue weighted by atomic mass is 10.0. The zero-order valence-corrected chi connectivity index (χ0v) is 22.9. The standard InChI is InChI=1S/C27H38N2O8S/c1-20(2)16-29(38(32,33)24-11-9-22(34-3)10-12-24)17-26(30)25(15-21-7-5-4-6-8-21)28-27(31)37-23-13-14-35-19-36-18-23/h4-12,20,23,25-26,30H,13-19H2,1-3H3,(H,28,31)/t23-,25+,26-/m1/s1. The van der Waals surface area contributed by atoms with E-state index in [1.165, 1.54) is 23.5 Å². The second-order valence-corrected chi connectivity index (χ2v) is 11.6. The molecule has 0 unspecified atom stereocenters. The molecule has 1 aliphatic rings. The van der Waals surface area contributed by atoms with Crippen molar-refractivity contribution in [2.24, 2.45) is 5.92 Å². The molecule has 1 aliphatic heterocycles. The summed E-state index contributed by atoms with van der Waals surface area (Å²) in [5.74, 6) is 0.536. The lowest BCUT2D eigenvalue weighted by Crippen LogP contribution is -2.51. The third-order valence-corrected chi connectivity index (χ3v) is 7.90. The van der Waals surface area contributed by atoms with Gasteiger partial charge in [-0.05, 0) is 42.2 Å². The molecular weight excluding hydrogens is 512 g/mol. The number of ether oxygens (including phenoxy) is 4. The Balaban J connectivity index is 1.79. The number of alkyl carbamates (subject to hydrolysis) is 1. The average molecular weight is 551 g/mol. The Morgan fingerprint density at radius 2 is 1.82 bits per heavy atom. The summed E-state index contributed by atoms with van der Waals surface area (Å²) in [7, 11) is -2.43. The van der Waals surface area contributed by atoms with Crippen LogP contribution in [0.3, 0.4) is 0 Å². The molecule has 0 radical (unpaired) electrons. The summed E-state index contributed by atoms with van der Waals surface area (Å²) in [5.41, 5.74) is 0.872. The Bertz CT molecular complexity index is 1090. The first-order chi connectivity index (χ1) is 18.2. The summed E-state index contributed by atoms with van der Waals surface area (Å²) in [6.45, 7) is 4.53. The molecule has 1 amide bonds. The normalized spacial score (nSPS) is 18.0. The molecule has 10 nitrogen and oxygen atoms in total. The van der Waals surface area contributed by atoms with Gasteiger partial charge in [0.15, 0.2) is 0 Å². The third-order valence-electron chi connectivity index (χ3n) is 6.05. The van der Waals surface area contributed by atoms with Crippen molar-refractivity contribution in [3.63, 3.8) is 0 Å². The highest BCUT2D eigenvalue weighted by molar-refractivity contribution is 7.89. The lowest BCUT2D eigenvalue weighted by Gasteiger charge is -2.31. The fourth-order valence-electron chi connectivity index (χ4n) is 4.09. The maximum Gasteiger partial charge on any atom is 0.407 e. The van der Waals surface area contributed by atoms with Gasteiger partial charge in [-0.1, -0.05) is 44.2 Å². The van der Waals surface area contributed by atoms with Crippen molar-refractivity contribution < 1.29 is 37.3 Å². The molecule has 210 valence electrons. The van der Waals surface area contributed by atoms with Crippen LogP contribution in [-0.2, 0) is 30.7 Å². The second-order valence-electron chi connectivity index (χ2n) is 9.61. The van der Waals surface area contributed by atoms with Crippen LogP contribution in [0.25, 0.3) is 0 Å². The molecule has 0 bridgehead atoms. The minimum Gasteiger partial charge on any atom is -0.497 e. The van der Waals surface area contributed by atoms with Gasteiger partial charge in [-0.25, -0.2) is 13.2 Å². The Hall–Kier alpha value is -2.70. The molecule has 1 saturated heterocycles. The molecular formula is C27H38N2O8S. The SMILES string of the molecule is COc1ccc(S(=O)(=O)N(CC(C)C)C[C@@H](O)[C@H](Cc2ccccc2)NC(=O)O[C@@H]2CCOCOC2)cc1. The maximum absolute atomic E-state index is 13.5. The Morgan fingerprint density at radius 1 is 1.11 bits per heavy atom. The van der Waals surface area contributed by atoms with Crippen LogP contribution in [0.2, 0.25) is 0 Å². The molecule has 0 aromatic heterocycles. The van der Waals surface area contributed by atoms with Crippen LogP contribution in [0.15, 0.2) is 59.5 Å². The molecule has 11 heteroatoms. The number of methoxy groups -OCH3 is 1. The molecule has 1 fully saturated rings. The van der Waals surface area contributed by atoms with Gasteiger partial charge in [-0.3, -0.25) is 0 Å².